The molecule has 2 aromatic heterocycles. The van der Waals surface area contributed by atoms with E-state index in [0.717, 1.165) is 30.4 Å². The van der Waals surface area contributed by atoms with Crippen LogP contribution in [0.15, 0.2) is 55.0 Å². The quantitative estimate of drug-likeness (QED) is 0.767. The summed E-state index contributed by atoms with van der Waals surface area (Å²) in [5.41, 5.74) is 3.79. The molecule has 4 rings (SSSR count). The first kappa shape index (κ1) is 17.6. The van der Waals surface area contributed by atoms with E-state index in [2.05, 4.69) is 46.5 Å². The number of nitrogens with one attached hydrogen (secondary N) is 1. The van der Waals surface area contributed by atoms with Crippen molar-refractivity contribution in [3.63, 3.8) is 0 Å². The van der Waals surface area contributed by atoms with Crippen LogP contribution in [0, 0.1) is 12.8 Å². The molecule has 3 aromatic rings. The second kappa shape index (κ2) is 7.84. The highest BCUT2D eigenvalue weighted by molar-refractivity contribution is 6.05. The number of aromatic nitrogens is 2. The summed E-state index contributed by atoms with van der Waals surface area (Å²) in [4.78, 5) is 21.2. The second-order valence-corrected chi connectivity index (χ2v) is 7.07. The molecule has 0 aliphatic carbocycles. The van der Waals surface area contributed by atoms with Crippen LogP contribution in [-0.4, -0.2) is 29.0 Å². The Morgan fingerprint density at radius 3 is 2.89 bits per heavy atom. The molecule has 1 aliphatic rings. The predicted octanol–water partition coefficient (Wildman–Crippen LogP) is 3.84. The van der Waals surface area contributed by atoms with Gasteiger partial charge in [-0.2, -0.15) is 0 Å². The minimum atomic E-state index is -0.0939. The fraction of sp³-hybridized carbons (Fsp3) is 0.318. The number of amides is 1. The van der Waals surface area contributed by atoms with E-state index >= 15 is 0 Å². The molecule has 3 heterocycles. The molecule has 5 nitrogen and oxygen atoms in total. The molecule has 0 radical (unpaired) electrons. The number of aryl methyl sites for hydroxylation is 1. The zero-order valence-corrected chi connectivity index (χ0v) is 15.4. The van der Waals surface area contributed by atoms with Crippen molar-refractivity contribution >= 4 is 16.8 Å². The Balaban J connectivity index is 1.49. The number of benzene rings is 1. The van der Waals surface area contributed by atoms with E-state index in [4.69, 9.17) is 4.74 Å². The number of hydrogen-bond donors (Lipinski definition) is 1. The Morgan fingerprint density at radius 1 is 1.19 bits per heavy atom. The topological polar surface area (TPSA) is 64.1 Å². The summed E-state index contributed by atoms with van der Waals surface area (Å²) < 4.78 is 6.05. The van der Waals surface area contributed by atoms with Gasteiger partial charge in [0.2, 0.25) is 0 Å². The third kappa shape index (κ3) is 3.83. The van der Waals surface area contributed by atoms with Gasteiger partial charge in [0.25, 0.3) is 5.91 Å². The predicted molar refractivity (Wildman–Crippen MR) is 104 cm³/mol. The molecule has 1 saturated heterocycles. The van der Waals surface area contributed by atoms with Crippen LogP contribution in [0.2, 0.25) is 0 Å². The van der Waals surface area contributed by atoms with Gasteiger partial charge in [-0.05, 0) is 37.5 Å². The van der Waals surface area contributed by atoms with Crippen molar-refractivity contribution in [3.05, 3.63) is 71.7 Å². The maximum absolute atomic E-state index is 12.8. The van der Waals surface area contributed by atoms with Crippen LogP contribution in [-0.2, 0) is 4.74 Å². The summed E-state index contributed by atoms with van der Waals surface area (Å²) in [7, 11) is 0. The monoisotopic (exact) mass is 361 g/mol. The summed E-state index contributed by atoms with van der Waals surface area (Å²) >= 11 is 0. The summed E-state index contributed by atoms with van der Waals surface area (Å²) in [6.07, 6.45) is 7.12. The van der Waals surface area contributed by atoms with Gasteiger partial charge in [-0.3, -0.25) is 14.8 Å². The molecule has 2 unspecified atom stereocenters. The molecule has 2 atom stereocenters. The van der Waals surface area contributed by atoms with E-state index < -0.39 is 0 Å². The van der Waals surface area contributed by atoms with Gasteiger partial charge in [0.1, 0.15) is 0 Å². The molecule has 0 saturated carbocycles. The number of carbonyl (C=O) groups is 1. The third-order valence-electron chi connectivity index (χ3n) is 5.16. The lowest BCUT2D eigenvalue weighted by Crippen LogP contribution is -2.35. The average molecular weight is 361 g/mol. The molecule has 0 bridgehead atoms. The standard InChI is InChI=1S/C22H23N3O2/c1-15-4-6-16(7-5-15)21-17(3-2-12-27-21)13-25-22(26)18-8-11-24-20-9-10-23-14-19(18)20/h4-11,14,17,21H,2-3,12-13H2,1H3,(H,25,26). The van der Waals surface area contributed by atoms with E-state index in [9.17, 15) is 4.79 Å². The molecule has 138 valence electrons. The minimum Gasteiger partial charge on any atom is -0.373 e. The Morgan fingerprint density at radius 2 is 2.04 bits per heavy atom. The van der Waals surface area contributed by atoms with Gasteiger partial charge in [0.05, 0.1) is 17.2 Å². The van der Waals surface area contributed by atoms with Crippen molar-refractivity contribution < 1.29 is 9.53 Å². The summed E-state index contributed by atoms with van der Waals surface area (Å²) in [5.74, 6) is 0.167. The number of carbonyl (C=O) groups excluding carboxylic acids is 1. The Kier molecular flexibility index (Phi) is 5.12. The minimum absolute atomic E-state index is 0.0236. The normalized spacial score (nSPS) is 19.7. The van der Waals surface area contributed by atoms with E-state index in [1.165, 1.54) is 11.1 Å². The first-order valence-corrected chi connectivity index (χ1v) is 9.37. The highest BCUT2D eigenvalue weighted by atomic mass is 16.5. The van der Waals surface area contributed by atoms with E-state index in [0.29, 0.717) is 12.1 Å². The summed E-state index contributed by atoms with van der Waals surface area (Å²) in [6.45, 7) is 3.43. The smallest absolute Gasteiger partial charge is 0.252 e. The molecular weight excluding hydrogens is 338 g/mol. The molecule has 1 aliphatic heterocycles. The van der Waals surface area contributed by atoms with Gasteiger partial charge in [0, 0.05) is 43.0 Å². The average Bonchev–Trinajstić information content (AvgIpc) is 2.72. The number of hydrogen-bond acceptors (Lipinski definition) is 4. The lowest BCUT2D eigenvalue weighted by molar-refractivity contribution is -0.0272. The maximum Gasteiger partial charge on any atom is 0.252 e. The third-order valence-corrected chi connectivity index (χ3v) is 5.16. The summed E-state index contributed by atoms with van der Waals surface area (Å²) in [6, 6.07) is 12.0. The van der Waals surface area contributed by atoms with Crippen LogP contribution in [0.4, 0.5) is 0 Å². The maximum atomic E-state index is 12.8. The second-order valence-electron chi connectivity index (χ2n) is 7.07. The van der Waals surface area contributed by atoms with Gasteiger partial charge in [-0.25, -0.2) is 0 Å². The zero-order valence-electron chi connectivity index (χ0n) is 15.4. The fourth-order valence-electron chi connectivity index (χ4n) is 3.68. The van der Waals surface area contributed by atoms with Crippen molar-refractivity contribution in [1.82, 2.24) is 15.3 Å². The molecule has 1 fully saturated rings. The van der Waals surface area contributed by atoms with Crippen LogP contribution < -0.4 is 5.32 Å². The Hall–Kier alpha value is -2.79. The molecule has 1 N–H and O–H groups in total. The first-order chi connectivity index (χ1) is 13.2. The van der Waals surface area contributed by atoms with Crippen LogP contribution >= 0.6 is 0 Å². The van der Waals surface area contributed by atoms with Crippen molar-refractivity contribution in [3.8, 4) is 0 Å². The van der Waals surface area contributed by atoms with Crippen LogP contribution in [0.3, 0.4) is 0 Å². The van der Waals surface area contributed by atoms with Crippen molar-refractivity contribution in [2.45, 2.75) is 25.9 Å². The number of ether oxygens (including phenoxy) is 1. The first-order valence-electron chi connectivity index (χ1n) is 9.37. The van der Waals surface area contributed by atoms with Gasteiger partial charge in [-0.15, -0.1) is 0 Å². The lowest BCUT2D eigenvalue weighted by atomic mass is 9.89. The molecule has 0 spiro atoms. The molecule has 1 aromatic carbocycles. The van der Waals surface area contributed by atoms with E-state index in [-0.39, 0.29) is 17.9 Å². The van der Waals surface area contributed by atoms with Crippen molar-refractivity contribution in [1.29, 1.82) is 0 Å². The Labute approximate surface area is 158 Å². The van der Waals surface area contributed by atoms with Crippen LogP contribution in [0.5, 0.6) is 0 Å². The van der Waals surface area contributed by atoms with Crippen molar-refractivity contribution in [2.24, 2.45) is 5.92 Å². The lowest BCUT2D eigenvalue weighted by Gasteiger charge is -2.32. The van der Waals surface area contributed by atoms with Gasteiger partial charge in [0.15, 0.2) is 0 Å². The molecule has 5 heteroatoms. The van der Waals surface area contributed by atoms with E-state index in [1.807, 2.05) is 6.07 Å². The van der Waals surface area contributed by atoms with Crippen LogP contribution in [0.1, 0.15) is 40.4 Å². The fourth-order valence-corrected chi connectivity index (χ4v) is 3.68. The number of nitrogens with zero attached hydrogens (tertiary/aromatic N) is 2. The highest BCUT2D eigenvalue weighted by Crippen LogP contribution is 2.33. The SMILES string of the molecule is Cc1ccc(C2OCCCC2CNC(=O)c2ccnc3ccncc23)cc1. The summed E-state index contributed by atoms with van der Waals surface area (Å²) in [5, 5.41) is 3.87. The number of rotatable bonds is 4. The number of pyridine rings is 2. The molecule has 27 heavy (non-hydrogen) atoms. The largest absolute Gasteiger partial charge is 0.373 e. The Bertz CT molecular complexity index is 934. The number of fused-ring (bicyclic) bond motifs is 1. The van der Waals surface area contributed by atoms with Crippen molar-refractivity contribution in [2.75, 3.05) is 13.2 Å². The zero-order chi connectivity index (χ0) is 18.6. The highest BCUT2D eigenvalue weighted by Gasteiger charge is 2.28. The van der Waals surface area contributed by atoms with Gasteiger partial charge in [-0.1, -0.05) is 29.8 Å². The molecular formula is C22H23N3O2. The van der Waals surface area contributed by atoms with E-state index in [1.54, 1.807) is 24.7 Å². The van der Waals surface area contributed by atoms with Gasteiger partial charge < -0.3 is 10.1 Å². The van der Waals surface area contributed by atoms with Crippen LogP contribution in [0.25, 0.3) is 10.9 Å². The molecule has 1 amide bonds. The van der Waals surface area contributed by atoms with Gasteiger partial charge >= 0.3 is 0 Å².